The highest BCUT2D eigenvalue weighted by Crippen LogP contribution is 2.32. The number of anilines is 1. The molecule has 1 N–H and O–H groups in total. The molecule has 0 saturated heterocycles. The van der Waals surface area contributed by atoms with E-state index >= 15 is 0 Å². The van der Waals surface area contributed by atoms with Crippen LogP contribution in [0.1, 0.15) is 35.9 Å². The monoisotopic (exact) mass is 470 g/mol. The van der Waals surface area contributed by atoms with Crippen molar-refractivity contribution in [3.63, 3.8) is 0 Å². The summed E-state index contributed by atoms with van der Waals surface area (Å²) in [6, 6.07) is 12.8. The number of carbonyl (C=O) groups is 1. The highest BCUT2D eigenvalue weighted by Gasteiger charge is 2.27. The minimum atomic E-state index is -3.80. The molecule has 2 heterocycles. The Kier molecular flexibility index (Phi) is 6.03. The van der Waals surface area contributed by atoms with E-state index in [1.165, 1.54) is 24.3 Å². The summed E-state index contributed by atoms with van der Waals surface area (Å²) in [7, 11) is 1.92. The molecule has 0 aliphatic rings. The van der Waals surface area contributed by atoms with Gasteiger partial charge in [0.2, 0.25) is 0 Å². The third-order valence-corrected chi connectivity index (χ3v) is 5.20. The lowest BCUT2D eigenvalue weighted by atomic mass is 10.0. The van der Waals surface area contributed by atoms with Gasteiger partial charge in [0.1, 0.15) is 11.6 Å². The highest BCUT2D eigenvalue weighted by molar-refractivity contribution is 6.20. The number of benzene rings is 2. The molecule has 170 valence electrons. The molecule has 0 radical (unpaired) electrons. The number of nitrogens with zero attached hydrogens (tertiary/aromatic N) is 3. The fourth-order valence-corrected chi connectivity index (χ4v) is 3.73. The number of hydrogen-bond acceptors (Lipinski definition) is 4. The number of fused-ring (bicyclic) bond motifs is 1. The van der Waals surface area contributed by atoms with Gasteiger partial charge in [0, 0.05) is 59.3 Å². The first-order valence-corrected chi connectivity index (χ1v) is 10.6. The Morgan fingerprint density at radius 3 is 2.52 bits per heavy atom. The first kappa shape index (κ1) is 22.7. The molecule has 0 fully saturated rings. The molecule has 0 aliphatic carbocycles. The second-order valence-electron chi connectivity index (χ2n) is 7.84. The number of aromatic nitrogens is 3. The summed E-state index contributed by atoms with van der Waals surface area (Å²) in [5.74, 6) is 0.622. The third kappa shape index (κ3) is 4.96. The lowest BCUT2D eigenvalue weighted by Crippen LogP contribution is -2.16. The van der Waals surface area contributed by atoms with Crippen LogP contribution < -0.4 is 10.1 Å². The molecule has 4 aromatic rings. The lowest BCUT2D eigenvalue weighted by Gasteiger charge is -2.12. The van der Waals surface area contributed by atoms with Crippen molar-refractivity contribution >= 4 is 34.2 Å². The Morgan fingerprint density at radius 1 is 1.18 bits per heavy atom. The Morgan fingerprint density at radius 2 is 1.91 bits per heavy atom. The molecule has 0 bridgehead atoms. The molecule has 0 saturated carbocycles. The molecule has 1 amide bonds. The molecule has 33 heavy (non-hydrogen) atoms. The van der Waals surface area contributed by atoms with E-state index in [4.69, 9.17) is 16.6 Å². The van der Waals surface area contributed by atoms with Gasteiger partial charge in [0.05, 0.1) is 11.0 Å². The molecular formula is C24H21ClF2N4O2. The second kappa shape index (κ2) is 8.78. The number of alkyl halides is 3. The van der Waals surface area contributed by atoms with E-state index in [0.717, 1.165) is 28.0 Å². The van der Waals surface area contributed by atoms with Crippen LogP contribution in [0.3, 0.4) is 0 Å². The largest absolute Gasteiger partial charge is 0.487 e. The Bertz CT molecular complexity index is 1300. The van der Waals surface area contributed by atoms with E-state index in [1.807, 2.05) is 23.7 Å². The number of imidazole rings is 1. The maximum Gasteiger partial charge on any atom is 0.487 e. The molecule has 0 unspecified atom stereocenters. The second-order valence-corrected chi connectivity index (χ2v) is 8.28. The van der Waals surface area contributed by atoms with E-state index in [1.54, 1.807) is 24.5 Å². The van der Waals surface area contributed by atoms with Gasteiger partial charge in [-0.3, -0.25) is 9.78 Å². The van der Waals surface area contributed by atoms with Crippen LogP contribution in [0.15, 0.2) is 60.9 Å². The van der Waals surface area contributed by atoms with Gasteiger partial charge in [-0.25, -0.2) is 4.98 Å². The van der Waals surface area contributed by atoms with Gasteiger partial charge in [-0.2, -0.15) is 0 Å². The van der Waals surface area contributed by atoms with Crippen molar-refractivity contribution in [2.24, 2.45) is 7.05 Å². The normalized spacial score (nSPS) is 11.7. The van der Waals surface area contributed by atoms with Crippen LogP contribution in [-0.2, 0) is 7.05 Å². The maximum absolute atomic E-state index is 13.1. The van der Waals surface area contributed by atoms with Crippen molar-refractivity contribution in [3.05, 3.63) is 72.3 Å². The molecule has 2 aromatic carbocycles. The van der Waals surface area contributed by atoms with Gasteiger partial charge in [-0.05, 0) is 42.5 Å². The summed E-state index contributed by atoms with van der Waals surface area (Å²) in [5, 5.41) is 2.78. The molecule has 2 aromatic heterocycles. The van der Waals surface area contributed by atoms with Crippen LogP contribution in [0.5, 0.6) is 5.75 Å². The zero-order chi connectivity index (χ0) is 23.8. The van der Waals surface area contributed by atoms with Crippen molar-refractivity contribution in [3.8, 4) is 16.9 Å². The van der Waals surface area contributed by atoms with E-state index in [2.05, 4.69) is 28.9 Å². The minimum absolute atomic E-state index is 0.121. The van der Waals surface area contributed by atoms with Crippen LogP contribution in [-0.4, -0.2) is 26.0 Å². The predicted molar refractivity (Wildman–Crippen MR) is 124 cm³/mol. The number of ether oxygens (including phenoxy) is 1. The Labute approximate surface area is 194 Å². The standard InChI is InChI=1S/C24H21ClF2N4O2/c1-14(2)22-30-21-19(15-5-4-10-28-13-15)11-16(12-20(21)31(22)3)23(32)29-17-6-8-18(9-7-17)33-24(25,26)27/h4-14H,1-3H3,(H,29,32). The molecule has 0 spiro atoms. The fraction of sp³-hybridized carbons (Fsp3) is 0.208. The molecular weight excluding hydrogens is 450 g/mol. The fourth-order valence-electron chi connectivity index (χ4n) is 3.64. The van der Waals surface area contributed by atoms with Crippen molar-refractivity contribution in [2.75, 3.05) is 5.32 Å². The Hall–Kier alpha value is -3.52. The van der Waals surface area contributed by atoms with Crippen molar-refractivity contribution in [1.29, 1.82) is 0 Å². The van der Waals surface area contributed by atoms with E-state index in [9.17, 15) is 13.6 Å². The van der Waals surface area contributed by atoms with Gasteiger partial charge < -0.3 is 14.6 Å². The SMILES string of the molecule is CC(C)c1nc2c(-c3cccnc3)cc(C(=O)Nc3ccc(OC(F)(F)Cl)cc3)cc2n1C. The minimum Gasteiger partial charge on any atom is -0.420 e. The molecule has 9 heteroatoms. The predicted octanol–water partition coefficient (Wildman–Crippen LogP) is 6.18. The summed E-state index contributed by atoms with van der Waals surface area (Å²) >= 11 is 4.78. The van der Waals surface area contributed by atoms with E-state index in [0.29, 0.717) is 11.3 Å². The lowest BCUT2D eigenvalue weighted by molar-refractivity contribution is -0.0964. The number of aryl methyl sites for hydroxylation is 1. The highest BCUT2D eigenvalue weighted by atomic mass is 35.5. The van der Waals surface area contributed by atoms with Crippen LogP contribution in [0, 0.1) is 0 Å². The van der Waals surface area contributed by atoms with Gasteiger partial charge in [-0.1, -0.05) is 19.9 Å². The number of rotatable bonds is 6. The average Bonchev–Trinajstić information content (AvgIpc) is 3.11. The number of amides is 1. The van der Waals surface area contributed by atoms with Gasteiger partial charge >= 0.3 is 5.57 Å². The first-order valence-electron chi connectivity index (χ1n) is 10.2. The van der Waals surface area contributed by atoms with Crippen LogP contribution in [0.25, 0.3) is 22.2 Å². The van der Waals surface area contributed by atoms with Crippen molar-refractivity contribution in [1.82, 2.24) is 14.5 Å². The zero-order valence-corrected chi connectivity index (χ0v) is 18.9. The van der Waals surface area contributed by atoms with Crippen LogP contribution >= 0.6 is 11.6 Å². The maximum atomic E-state index is 13.1. The summed E-state index contributed by atoms with van der Waals surface area (Å²) in [5.41, 5.74) is 0.275. The first-order chi connectivity index (χ1) is 15.6. The average molecular weight is 471 g/mol. The summed E-state index contributed by atoms with van der Waals surface area (Å²) in [6.45, 7) is 4.12. The quantitative estimate of drug-likeness (QED) is 0.342. The van der Waals surface area contributed by atoms with Crippen molar-refractivity contribution in [2.45, 2.75) is 25.3 Å². The third-order valence-electron chi connectivity index (χ3n) is 5.12. The summed E-state index contributed by atoms with van der Waals surface area (Å²) in [6.07, 6.45) is 3.41. The molecule has 4 rings (SSSR count). The van der Waals surface area contributed by atoms with Crippen molar-refractivity contribution < 1.29 is 18.3 Å². The van der Waals surface area contributed by atoms with Gasteiger partial charge in [-0.15, -0.1) is 8.78 Å². The summed E-state index contributed by atoms with van der Waals surface area (Å²) in [4.78, 5) is 22.1. The zero-order valence-electron chi connectivity index (χ0n) is 18.1. The van der Waals surface area contributed by atoms with Crippen LogP contribution in [0.2, 0.25) is 0 Å². The van der Waals surface area contributed by atoms with E-state index < -0.39 is 5.57 Å². The number of hydrogen-bond donors (Lipinski definition) is 1. The van der Waals surface area contributed by atoms with Gasteiger partial charge in [0.15, 0.2) is 0 Å². The van der Waals surface area contributed by atoms with E-state index in [-0.39, 0.29) is 17.6 Å². The van der Waals surface area contributed by atoms with Crippen LogP contribution in [0.4, 0.5) is 14.5 Å². The van der Waals surface area contributed by atoms with Gasteiger partial charge in [0.25, 0.3) is 5.91 Å². The number of carbonyl (C=O) groups excluding carboxylic acids is 1. The smallest absolute Gasteiger partial charge is 0.420 e. The topological polar surface area (TPSA) is 69.0 Å². The number of pyridine rings is 1. The molecule has 6 nitrogen and oxygen atoms in total. The number of nitrogens with one attached hydrogen (secondary N) is 1. The number of halogens is 3. The Balaban J connectivity index is 1.71. The summed E-state index contributed by atoms with van der Waals surface area (Å²) < 4.78 is 31.9. The molecule has 0 atom stereocenters. The molecule has 0 aliphatic heterocycles.